The summed E-state index contributed by atoms with van der Waals surface area (Å²) in [5, 5.41) is 6.71. The van der Waals surface area contributed by atoms with E-state index in [9.17, 15) is 4.79 Å². The number of hydrogen-bond donors (Lipinski definition) is 2. The first kappa shape index (κ1) is 15.3. The van der Waals surface area contributed by atoms with Gasteiger partial charge in [-0.2, -0.15) is 0 Å². The van der Waals surface area contributed by atoms with Crippen LogP contribution in [-0.2, 0) is 4.79 Å². The number of rotatable bonds is 4. The van der Waals surface area contributed by atoms with Crippen LogP contribution in [0.25, 0.3) is 0 Å². The largest absolute Gasteiger partial charge is 0.354 e. The average Bonchev–Trinajstić information content (AvgIpc) is 3.19. The third-order valence-corrected chi connectivity index (χ3v) is 6.43. The van der Waals surface area contributed by atoms with Crippen LogP contribution in [0.2, 0.25) is 0 Å². The Balaban J connectivity index is 1.53. The van der Waals surface area contributed by atoms with Crippen molar-refractivity contribution in [3.8, 4) is 0 Å². The van der Waals surface area contributed by atoms with Crippen molar-refractivity contribution in [1.29, 1.82) is 0 Å². The number of carbonyl (C=O) groups is 1. The second kappa shape index (κ2) is 5.88. The molecule has 3 fully saturated rings. The van der Waals surface area contributed by atoms with Crippen LogP contribution in [0, 0.1) is 11.3 Å². The van der Waals surface area contributed by atoms with E-state index in [4.69, 9.17) is 0 Å². The van der Waals surface area contributed by atoms with Gasteiger partial charge >= 0.3 is 0 Å². The number of nitrogens with zero attached hydrogens (tertiary/aromatic N) is 1. The van der Waals surface area contributed by atoms with Gasteiger partial charge in [0, 0.05) is 18.0 Å². The Morgan fingerprint density at radius 1 is 1.14 bits per heavy atom. The molecule has 1 saturated heterocycles. The van der Waals surface area contributed by atoms with E-state index in [0.29, 0.717) is 17.2 Å². The van der Waals surface area contributed by atoms with Gasteiger partial charge < -0.3 is 15.5 Å². The van der Waals surface area contributed by atoms with Gasteiger partial charge in [0.25, 0.3) is 0 Å². The van der Waals surface area contributed by atoms with E-state index in [0.717, 1.165) is 26.1 Å². The minimum Gasteiger partial charge on any atom is -0.354 e. The zero-order valence-corrected chi connectivity index (χ0v) is 13.7. The lowest BCUT2D eigenvalue weighted by Crippen LogP contribution is -2.54. The molecule has 4 nitrogen and oxygen atoms in total. The summed E-state index contributed by atoms with van der Waals surface area (Å²) < 4.78 is 0. The predicted molar refractivity (Wildman–Crippen MR) is 85.2 cm³/mol. The van der Waals surface area contributed by atoms with Crippen molar-refractivity contribution in [1.82, 2.24) is 15.5 Å². The molecule has 2 saturated carbocycles. The molecule has 1 heterocycles. The Kier molecular flexibility index (Phi) is 4.28. The molecular weight excluding hydrogens is 262 g/mol. The number of piperidine rings is 1. The highest BCUT2D eigenvalue weighted by Crippen LogP contribution is 2.58. The number of hydrogen-bond acceptors (Lipinski definition) is 3. The van der Waals surface area contributed by atoms with E-state index in [-0.39, 0.29) is 5.54 Å². The highest BCUT2D eigenvalue weighted by atomic mass is 16.2. The topological polar surface area (TPSA) is 44.4 Å². The van der Waals surface area contributed by atoms with Crippen molar-refractivity contribution < 1.29 is 4.79 Å². The third-order valence-electron chi connectivity index (χ3n) is 6.43. The first-order valence-corrected chi connectivity index (χ1v) is 8.74. The zero-order chi connectivity index (χ0) is 14.9. The molecule has 4 heteroatoms. The lowest BCUT2D eigenvalue weighted by atomic mass is 9.80. The van der Waals surface area contributed by atoms with Gasteiger partial charge in [-0.1, -0.05) is 19.3 Å². The molecule has 120 valence electrons. The van der Waals surface area contributed by atoms with Crippen molar-refractivity contribution in [3.63, 3.8) is 0 Å². The molecule has 2 N–H and O–H groups in total. The molecule has 2 aliphatic carbocycles. The van der Waals surface area contributed by atoms with Gasteiger partial charge in [-0.05, 0) is 64.7 Å². The predicted octanol–water partition coefficient (Wildman–Crippen LogP) is 1.76. The fourth-order valence-corrected chi connectivity index (χ4v) is 4.56. The molecule has 21 heavy (non-hydrogen) atoms. The smallest absolute Gasteiger partial charge is 0.223 e. The SMILES string of the molecule is CN(C)C1(CNC(=O)C2CC23CCNCC3)CCCCC1. The van der Waals surface area contributed by atoms with Crippen LogP contribution in [0.3, 0.4) is 0 Å². The summed E-state index contributed by atoms with van der Waals surface area (Å²) in [7, 11) is 4.34. The Morgan fingerprint density at radius 3 is 2.43 bits per heavy atom. The molecule has 0 bridgehead atoms. The molecule has 0 aromatic carbocycles. The first-order valence-electron chi connectivity index (χ1n) is 8.74. The molecule has 1 unspecified atom stereocenters. The van der Waals surface area contributed by atoms with E-state index >= 15 is 0 Å². The monoisotopic (exact) mass is 293 g/mol. The van der Waals surface area contributed by atoms with Gasteiger partial charge in [0.15, 0.2) is 0 Å². The quantitative estimate of drug-likeness (QED) is 0.830. The van der Waals surface area contributed by atoms with Crippen LogP contribution < -0.4 is 10.6 Å². The number of carbonyl (C=O) groups excluding carboxylic acids is 1. The fourth-order valence-electron chi connectivity index (χ4n) is 4.56. The number of likely N-dealkylation sites (N-methyl/N-ethyl adjacent to an activating group) is 1. The van der Waals surface area contributed by atoms with Gasteiger partial charge in [0.1, 0.15) is 0 Å². The van der Waals surface area contributed by atoms with Crippen molar-refractivity contribution in [2.45, 2.75) is 56.9 Å². The highest BCUT2D eigenvalue weighted by Gasteiger charge is 2.57. The van der Waals surface area contributed by atoms with Crippen LogP contribution in [0.15, 0.2) is 0 Å². The van der Waals surface area contributed by atoms with Crippen molar-refractivity contribution in [2.75, 3.05) is 33.7 Å². The van der Waals surface area contributed by atoms with Gasteiger partial charge in [-0.15, -0.1) is 0 Å². The summed E-state index contributed by atoms with van der Waals surface area (Å²) in [5.41, 5.74) is 0.553. The fraction of sp³-hybridized carbons (Fsp3) is 0.941. The Labute approximate surface area is 129 Å². The lowest BCUT2D eigenvalue weighted by molar-refractivity contribution is -0.124. The molecule has 1 atom stereocenters. The maximum absolute atomic E-state index is 12.5. The molecule has 3 aliphatic rings. The summed E-state index contributed by atoms with van der Waals surface area (Å²) in [6, 6.07) is 0. The van der Waals surface area contributed by atoms with Crippen LogP contribution in [0.1, 0.15) is 51.4 Å². The molecule has 1 spiro atoms. The van der Waals surface area contributed by atoms with Gasteiger partial charge in [0.2, 0.25) is 5.91 Å². The molecular formula is C17H31N3O. The first-order chi connectivity index (χ1) is 10.1. The van der Waals surface area contributed by atoms with Crippen LogP contribution in [-0.4, -0.2) is 50.1 Å². The Hall–Kier alpha value is -0.610. The number of nitrogens with one attached hydrogen (secondary N) is 2. The Bertz CT molecular complexity index is 381. The highest BCUT2D eigenvalue weighted by molar-refractivity contribution is 5.82. The van der Waals surface area contributed by atoms with E-state index < -0.39 is 0 Å². The van der Waals surface area contributed by atoms with Crippen molar-refractivity contribution in [2.24, 2.45) is 11.3 Å². The summed E-state index contributed by atoms with van der Waals surface area (Å²) in [6.07, 6.45) is 9.88. The molecule has 1 amide bonds. The minimum atomic E-state index is 0.198. The molecule has 1 aliphatic heterocycles. The normalized spacial score (nSPS) is 30.3. The van der Waals surface area contributed by atoms with Gasteiger partial charge in [0.05, 0.1) is 0 Å². The zero-order valence-electron chi connectivity index (χ0n) is 13.7. The van der Waals surface area contributed by atoms with Crippen LogP contribution >= 0.6 is 0 Å². The number of amides is 1. The third kappa shape index (κ3) is 2.98. The van der Waals surface area contributed by atoms with Gasteiger partial charge in [-0.3, -0.25) is 4.79 Å². The van der Waals surface area contributed by atoms with Crippen LogP contribution in [0.5, 0.6) is 0 Å². The lowest BCUT2D eigenvalue weighted by Gasteiger charge is -2.43. The molecule has 3 rings (SSSR count). The maximum atomic E-state index is 12.5. The Morgan fingerprint density at radius 2 is 1.81 bits per heavy atom. The van der Waals surface area contributed by atoms with E-state index in [1.807, 2.05) is 0 Å². The minimum absolute atomic E-state index is 0.198. The summed E-state index contributed by atoms with van der Waals surface area (Å²) in [6.45, 7) is 3.01. The molecule has 0 aromatic heterocycles. The van der Waals surface area contributed by atoms with Crippen molar-refractivity contribution in [3.05, 3.63) is 0 Å². The van der Waals surface area contributed by atoms with E-state index in [1.165, 1.54) is 44.9 Å². The van der Waals surface area contributed by atoms with Gasteiger partial charge in [-0.25, -0.2) is 0 Å². The maximum Gasteiger partial charge on any atom is 0.223 e. The molecule has 0 radical (unpaired) electrons. The summed E-state index contributed by atoms with van der Waals surface area (Å²) in [4.78, 5) is 14.9. The summed E-state index contributed by atoms with van der Waals surface area (Å²) in [5.74, 6) is 0.617. The standard InChI is InChI=1S/C17H31N3O/c1-20(2)17(6-4-3-5-7-17)13-19-15(21)14-12-16(14)8-10-18-11-9-16/h14,18H,3-13H2,1-2H3,(H,19,21). The summed E-state index contributed by atoms with van der Waals surface area (Å²) >= 11 is 0. The molecule has 0 aromatic rings. The second-order valence-corrected chi connectivity index (χ2v) is 7.77. The van der Waals surface area contributed by atoms with E-state index in [2.05, 4.69) is 29.6 Å². The van der Waals surface area contributed by atoms with Crippen molar-refractivity contribution >= 4 is 5.91 Å². The average molecular weight is 293 g/mol. The second-order valence-electron chi connectivity index (χ2n) is 7.77. The van der Waals surface area contributed by atoms with E-state index in [1.54, 1.807) is 0 Å². The van der Waals surface area contributed by atoms with Crippen LogP contribution in [0.4, 0.5) is 0 Å².